The number of benzene rings is 6. The highest BCUT2D eigenvalue weighted by Gasteiger charge is 2.30. The first-order chi connectivity index (χ1) is 33.4. The first-order valence-electron chi connectivity index (χ1n) is 23.2. The van der Waals surface area contributed by atoms with Crippen molar-refractivity contribution in [1.29, 1.82) is 5.41 Å². The predicted octanol–water partition coefficient (Wildman–Crippen LogP) is 15.4. The highest BCUT2D eigenvalue weighted by Crippen LogP contribution is 2.49. The zero-order valence-corrected chi connectivity index (χ0v) is 39.2. The standard InChI is InChI=1S/C51H38N4.C5H9N.C4H6.C2H5N/c1-52-29-37(32-10-4-2-5-11-32)14-8-9-31-15-22-46-41(25-31)43-27-35-16-17-36-28-44-42-26-34(45-23-19-38(30-53-45)33-12-6-3-7-13-33)18-24-47(42)55-51(44)40-21-20-39(50(43)54-46)48(35)49(36)40;1-2-3-4-5-6;1-3-4-2;1-2-3/h2-15,18-19,22-30,54-55H,16-17,20-21H2,1H3;2-5H,6H2,1H3;3-4H,1-2H2;2-3H,1H3/b9-8+,37-14+,52-29?;3-2-,5-4-;;. The lowest BCUT2D eigenvalue weighted by molar-refractivity contribution is 0.888. The quantitative estimate of drug-likeness (QED) is 0.0901. The van der Waals surface area contributed by atoms with Crippen molar-refractivity contribution in [3.63, 3.8) is 0 Å². The molecule has 0 radical (unpaired) electrons. The summed E-state index contributed by atoms with van der Waals surface area (Å²) in [4.78, 5) is 16.9. The smallest absolute Gasteiger partial charge is 0.0702 e. The number of hydrogen-bond donors (Lipinski definition) is 4. The van der Waals surface area contributed by atoms with E-state index in [0.29, 0.717) is 0 Å². The molecule has 0 saturated heterocycles. The van der Waals surface area contributed by atoms with Crippen molar-refractivity contribution >= 4 is 67.7 Å². The summed E-state index contributed by atoms with van der Waals surface area (Å²) in [5.41, 5.74) is 26.7. The summed E-state index contributed by atoms with van der Waals surface area (Å²) in [5.74, 6) is 0. The van der Waals surface area contributed by atoms with Crippen LogP contribution in [-0.4, -0.2) is 34.4 Å². The van der Waals surface area contributed by atoms with Gasteiger partial charge in [-0.25, -0.2) is 0 Å². The number of nitrogens with one attached hydrogen (secondary N) is 3. The molecule has 3 aromatic heterocycles. The number of aliphatic imine (C=N–C) groups is 1. The fourth-order valence-corrected chi connectivity index (χ4v) is 9.44. The maximum Gasteiger partial charge on any atom is 0.0702 e. The molecule has 9 aromatic rings. The summed E-state index contributed by atoms with van der Waals surface area (Å²) in [5, 5.41) is 11.3. The molecular formula is C62H58N6. The molecular weight excluding hydrogens is 829 g/mol. The Labute approximate surface area is 399 Å². The Balaban J connectivity index is 0.000000430. The van der Waals surface area contributed by atoms with Crippen molar-refractivity contribution in [3.05, 3.63) is 223 Å². The van der Waals surface area contributed by atoms with Crippen molar-refractivity contribution in [1.82, 2.24) is 15.0 Å². The van der Waals surface area contributed by atoms with Gasteiger partial charge in [-0.3, -0.25) is 9.98 Å². The summed E-state index contributed by atoms with van der Waals surface area (Å²) in [7, 11) is 1.82. The maximum atomic E-state index is 6.08. The van der Waals surface area contributed by atoms with E-state index in [1.165, 1.54) is 101 Å². The molecule has 0 fully saturated rings. The Morgan fingerprint density at radius 2 is 1.24 bits per heavy atom. The van der Waals surface area contributed by atoms with Crippen LogP contribution in [0.4, 0.5) is 0 Å². The van der Waals surface area contributed by atoms with Gasteiger partial charge < -0.3 is 21.1 Å². The van der Waals surface area contributed by atoms with E-state index in [4.69, 9.17) is 16.1 Å². The molecule has 2 aliphatic rings. The molecule has 0 saturated carbocycles. The minimum Gasteiger partial charge on any atom is -0.405 e. The van der Waals surface area contributed by atoms with E-state index < -0.39 is 0 Å². The normalized spacial score (nSPS) is 12.8. The van der Waals surface area contributed by atoms with E-state index in [0.717, 1.165) is 53.6 Å². The molecule has 3 heterocycles. The largest absolute Gasteiger partial charge is 0.405 e. The number of H-pyrrole nitrogens is 2. The fourth-order valence-electron chi connectivity index (χ4n) is 9.44. The molecule has 11 rings (SSSR count). The van der Waals surface area contributed by atoms with Gasteiger partial charge in [0.05, 0.1) is 16.7 Å². The van der Waals surface area contributed by atoms with Gasteiger partial charge in [0.15, 0.2) is 0 Å². The average Bonchev–Trinajstić information content (AvgIpc) is 3.95. The third-order valence-electron chi connectivity index (χ3n) is 12.4. The highest BCUT2D eigenvalue weighted by molar-refractivity contribution is 6.15. The molecule has 6 aromatic carbocycles. The number of nitrogens with zero attached hydrogens (tertiary/aromatic N) is 2. The number of fused-ring (bicyclic) bond motifs is 8. The van der Waals surface area contributed by atoms with Crippen molar-refractivity contribution < 1.29 is 0 Å². The number of allylic oxidation sites excluding steroid dienone is 8. The number of hydrogen-bond acceptors (Lipinski definition) is 4. The number of rotatable bonds is 8. The van der Waals surface area contributed by atoms with Crippen LogP contribution in [0.25, 0.3) is 88.8 Å². The number of aromatic amines is 2. The van der Waals surface area contributed by atoms with Gasteiger partial charge in [-0.1, -0.05) is 135 Å². The van der Waals surface area contributed by atoms with Gasteiger partial charge in [0.1, 0.15) is 0 Å². The van der Waals surface area contributed by atoms with Gasteiger partial charge in [-0.2, -0.15) is 0 Å². The minimum absolute atomic E-state index is 0.996. The van der Waals surface area contributed by atoms with Crippen molar-refractivity contribution in [2.24, 2.45) is 10.7 Å². The third kappa shape index (κ3) is 9.62. The van der Waals surface area contributed by atoms with Gasteiger partial charge in [-0.05, 0) is 156 Å². The molecule has 6 nitrogen and oxygen atoms in total. The lowest BCUT2D eigenvalue weighted by atomic mass is 9.74. The minimum atomic E-state index is 0.996. The van der Waals surface area contributed by atoms with Crippen LogP contribution in [0.2, 0.25) is 0 Å². The molecule has 336 valence electrons. The van der Waals surface area contributed by atoms with Crippen LogP contribution in [0.3, 0.4) is 0 Å². The summed E-state index contributed by atoms with van der Waals surface area (Å²) in [6.45, 7) is 10.3. The van der Waals surface area contributed by atoms with Crippen LogP contribution in [0, 0.1) is 5.41 Å². The van der Waals surface area contributed by atoms with Crippen LogP contribution < -0.4 is 5.73 Å². The first-order valence-corrected chi connectivity index (χ1v) is 23.2. The zero-order chi connectivity index (χ0) is 47.4. The monoisotopic (exact) mass is 886 g/mol. The van der Waals surface area contributed by atoms with E-state index >= 15 is 0 Å². The van der Waals surface area contributed by atoms with Gasteiger partial charge >= 0.3 is 0 Å². The Bertz CT molecular complexity index is 3390. The topological polar surface area (TPSA) is 107 Å². The zero-order valence-electron chi connectivity index (χ0n) is 39.2. The van der Waals surface area contributed by atoms with E-state index in [9.17, 15) is 0 Å². The second kappa shape index (κ2) is 21.8. The molecule has 0 atom stereocenters. The van der Waals surface area contributed by atoms with Crippen LogP contribution in [0.5, 0.6) is 0 Å². The fraction of sp³-hybridized carbons (Fsp3) is 0.113. The third-order valence-corrected chi connectivity index (χ3v) is 12.4. The molecule has 0 amide bonds. The first kappa shape index (κ1) is 46.2. The Morgan fingerprint density at radius 3 is 1.78 bits per heavy atom. The Kier molecular flexibility index (Phi) is 14.8. The van der Waals surface area contributed by atoms with Crippen molar-refractivity contribution in [3.8, 4) is 33.5 Å². The van der Waals surface area contributed by atoms with Crippen LogP contribution in [0.1, 0.15) is 47.2 Å². The summed E-state index contributed by atoms with van der Waals surface area (Å²) in [6.07, 6.45) is 26.1. The van der Waals surface area contributed by atoms with Crippen molar-refractivity contribution in [2.45, 2.75) is 39.5 Å². The lowest BCUT2D eigenvalue weighted by Crippen LogP contribution is -2.15. The highest BCUT2D eigenvalue weighted by atomic mass is 14.7. The van der Waals surface area contributed by atoms with Crippen molar-refractivity contribution in [2.75, 3.05) is 7.05 Å². The van der Waals surface area contributed by atoms with Crippen LogP contribution >= 0.6 is 0 Å². The predicted molar refractivity (Wildman–Crippen MR) is 295 cm³/mol. The average molecular weight is 887 g/mol. The molecule has 0 aliphatic heterocycles. The SMILES string of the molecule is C/C=C\C=C/N.C=CC=C.CC=N.CN=C/C(=C\C=C\c1ccc2[nH]c3c4c5c(cc3c2c1)CCc1cc2c([nH]c3ccc(-c6ccc(-c7ccccc7)cn6)cc32)c(c1-5)CC4)c1ccccc1. The number of nitrogens with two attached hydrogens (primary N) is 1. The van der Waals surface area contributed by atoms with E-state index in [-0.39, 0.29) is 0 Å². The van der Waals surface area contributed by atoms with Gasteiger partial charge in [0.25, 0.3) is 0 Å². The molecule has 5 N–H and O–H groups in total. The summed E-state index contributed by atoms with van der Waals surface area (Å²) < 4.78 is 0. The number of aromatic nitrogens is 3. The van der Waals surface area contributed by atoms with E-state index in [2.05, 4.69) is 156 Å². The van der Waals surface area contributed by atoms with Gasteiger partial charge in [-0.15, -0.1) is 0 Å². The lowest BCUT2D eigenvalue weighted by Gasteiger charge is -2.30. The molecule has 0 bridgehead atoms. The van der Waals surface area contributed by atoms with E-state index in [1.54, 1.807) is 25.2 Å². The van der Waals surface area contributed by atoms with Crippen LogP contribution in [-0.2, 0) is 25.7 Å². The Hall–Kier alpha value is -8.35. The summed E-state index contributed by atoms with van der Waals surface area (Å²) in [6, 6.07) is 43.7. The molecule has 68 heavy (non-hydrogen) atoms. The van der Waals surface area contributed by atoms with Crippen LogP contribution in [0.15, 0.2) is 194 Å². The summed E-state index contributed by atoms with van der Waals surface area (Å²) >= 11 is 0. The maximum absolute atomic E-state index is 6.08. The molecule has 0 unspecified atom stereocenters. The number of aryl methyl sites for hydroxylation is 4. The second-order valence-corrected chi connectivity index (χ2v) is 16.6. The Morgan fingerprint density at radius 1 is 0.647 bits per heavy atom. The van der Waals surface area contributed by atoms with Gasteiger partial charge in [0, 0.05) is 63.2 Å². The second-order valence-electron chi connectivity index (χ2n) is 16.6. The molecule has 0 spiro atoms. The van der Waals surface area contributed by atoms with E-state index in [1.807, 2.05) is 50.7 Å². The number of pyridine rings is 1. The molecule has 2 aliphatic carbocycles. The molecule has 6 heteroatoms. The van der Waals surface area contributed by atoms with Gasteiger partial charge in [0.2, 0.25) is 0 Å².